The Morgan fingerprint density at radius 3 is 2.91 bits per heavy atom. The minimum absolute atomic E-state index is 0.161. The third-order valence-corrected chi connectivity index (χ3v) is 4.34. The lowest BCUT2D eigenvalue weighted by Crippen LogP contribution is -2.25. The molecule has 116 valence electrons. The second-order valence-electron chi connectivity index (χ2n) is 5.14. The smallest absolute Gasteiger partial charge is 0.230 e. The molecule has 3 N–H and O–H groups in total. The van der Waals surface area contributed by atoms with Crippen LogP contribution in [0.5, 0.6) is 0 Å². The number of benzene rings is 1. The van der Waals surface area contributed by atoms with E-state index in [9.17, 15) is 9.18 Å². The average molecular weight is 321 g/mol. The number of nitrogen functional groups attached to an aromatic ring is 1. The first-order chi connectivity index (χ1) is 10.6. The number of nitrogens with two attached hydrogens (primary N) is 1. The summed E-state index contributed by atoms with van der Waals surface area (Å²) in [5, 5.41) is 11.2. The van der Waals surface area contributed by atoms with Crippen molar-refractivity contribution in [3.63, 3.8) is 0 Å². The number of hydrogen-bond acceptors (Lipinski definition) is 5. The molecule has 0 radical (unpaired) electrons. The average Bonchev–Trinajstić information content (AvgIpc) is 3.28. The Kier molecular flexibility index (Phi) is 4.28. The normalized spacial score (nSPS) is 14.0. The number of rotatable bonds is 6. The first-order valence-electron chi connectivity index (χ1n) is 6.98. The first-order valence-corrected chi connectivity index (χ1v) is 7.97. The zero-order valence-corrected chi connectivity index (χ0v) is 12.6. The lowest BCUT2D eigenvalue weighted by Gasteiger charge is -2.06. The molecule has 1 fully saturated rings. The Hall–Kier alpha value is -2.09. The third-order valence-electron chi connectivity index (χ3n) is 3.40. The fourth-order valence-electron chi connectivity index (χ4n) is 2.02. The zero-order chi connectivity index (χ0) is 15.5. The zero-order valence-electron chi connectivity index (χ0n) is 11.8. The summed E-state index contributed by atoms with van der Waals surface area (Å²) < 4.78 is 14.9. The molecule has 1 aromatic carbocycles. The van der Waals surface area contributed by atoms with Gasteiger partial charge in [-0.2, -0.15) is 0 Å². The Balaban J connectivity index is 1.49. The van der Waals surface area contributed by atoms with Crippen molar-refractivity contribution in [1.82, 2.24) is 20.2 Å². The van der Waals surface area contributed by atoms with E-state index >= 15 is 0 Å². The molecule has 1 saturated carbocycles. The van der Waals surface area contributed by atoms with Gasteiger partial charge in [-0.1, -0.05) is 30.0 Å². The quantitative estimate of drug-likeness (QED) is 0.621. The van der Waals surface area contributed by atoms with Crippen molar-refractivity contribution in [2.75, 3.05) is 11.6 Å². The van der Waals surface area contributed by atoms with Gasteiger partial charge in [0.25, 0.3) is 0 Å². The maximum atomic E-state index is 13.4. The van der Waals surface area contributed by atoms with Crippen LogP contribution in [-0.2, 0) is 11.3 Å². The van der Waals surface area contributed by atoms with E-state index in [2.05, 4.69) is 15.5 Å². The molecule has 0 bridgehead atoms. The van der Waals surface area contributed by atoms with Crippen LogP contribution in [0.3, 0.4) is 0 Å². The van der Waals surface area contributed by atoms with Crippen molar-refractivity contribution >= 4 is 17.7 Å². The summed E-state index contributed by atoms with van der Waals surface area (Å²) in [6, 6.07) is 6.35. The molecule has 2 aromatic rings. The lowest BCUT2D eigenvalue weighted by molar-refractivity contribution is -0.118. The van der Waals surface area contributed by atoms with Crippen molar-refractivity contribution in [3.05, 3.63) is 41.5 Å². The van der Waals surface area contributed by atoms with Crippen LogP contribution in [0.1, 0.15) is 30.1 Å². The van der Waals surface area contributed by atoms with Crippen LogP contribution in [0.15, 0.2) is 29.4 Å². The summed E-state index contributed by atoms with van der Waals surface area (Å²) in [7, 11) is 0. The molecule has 8 heteroatoms. The van der Waals surface area contributed by atoms with Crippen molar-refractivity contribution in [2.24, 2.45) is 0 Å². The second-order valence-corrected chi connectivity index (χ2v) is 6.08. The fourth-order valence-corrected chi connectivity index (χ4v) is 2.72. The van der Waals surface area contributed by atoms with E-state index in [1.165, 1.54) is 22.5 Å². The minimum atomic E-state index is -0.328. The van der Waals surface area contributed by atoms with Crippen molar-refractivity contribution in [3.8, 4) is 0 Å². The molecule has 0 spiro atoms. The van der Waals surface area contributed by atoms with Crippen LogP contribution in [0.2, 0.25) is 0 Å². The topological polar surface area (TPSA) is 85.8 Å². The molecule has 3 rings (SSSR count). The first kappa shape index (κ1) is 14.8. The van der Waals surface area contributed by atoms with Gasteiger partial charge in [0.1, 0.15) is 5.82 Å². The van der Waals surface area contributed by atoms with Gasteiger partial charge in [0.15, 0.2) is 5.82 Å². The van der Waals surface area contributed by atoms with Gasteiger partial charge in [0, 0.05) is 18.0 Å². The SMILES string of the molecule is Nn1c(SCC(=O)NCc2ccccc2F)nnc1C1CC1. The van der Waals surface area contributed by atoms with Crippen LogP contribution in [-0.4, -0.2) is 26.5 Å². The van der Waals surface area contributed by atoms with Crippen LogP contribution < -0.4 is 11.2 Å². The monoisotopic (exact) mass is 321 g/mol. The van der Waals surface area contributed by atoms with E-state index in [-0.39, 0.29) is 24.0 Å². The molecular formula is C14H16FN5OS. The molecule has 6 nitrogen and oxygen atoms in total. The molecule has 1 aliphatic carbocycles. The predicted molar refractivity (Wildman–Crippen MR) is 81.1 cm³/mol. The molecule has 0 atom stereocenters. The summed E-state index contributed by atoms with van der Waals surface area (Å²) in [4.78, 5) is 11.8. The van der Waals surface area contributed by atoms with Gasteiger partial charge in [-0.15, -0.1) is 10.2 Å². The summed E-state index contributed by atoms with van der Waals surface area (Å²) in [5.41, 5.74) is 0.457. The molecule has 0 saturated heterocycles. The molecule has 0 aliphatic heterocycles. The lowest BCUT2D eigenvalue weighted by atomic mass is 10.2. The van der Waals surface area contributed by atoms with E-state index in [4.69, 9.17) is 5.84 Å². The summed E-state index contributed by atoms with van der Waals surface area (Å²) >= 11 is 1.22. The van der Waals surface area contributed by atoms with E-state index in [0.29, 0.717) is 16.6 Å². The molecule has 0 unspecified atom stereocenters. The van der Waals surface area contributed by atoms with E-state index < -0.39 is 0 Å². The highest BCUT2D eigenvalue weighted by Gasteiger charge is 2.29. The van der Waals surface area contributed by atoms with Gasteiger partial charge in [-0.25, -0.2) is 9.07 Å². The molecule has 1 heterocycles. The van der Waals surface area contributed by atoms with E-state index in [0.717, 1.165) is 18.7 Å². The molecule has 1 amide bonds. The number of carbonyl (C=O) groups is 1. The standard InChI is InChI=1S/C14H16FN5OS/c15-11-4-2-1-3-10(11)7-17-12(21)8-22-14-19-18-13(20(14)16)9-5-6-9/h1-4,9H,5-8,16H2,(H,17,21). The van der Waals surface area contributed by atoms with Gasteiger partial charge in [-0.3, -0.25) is 4.79 Å². The van der Waals surface area contributed by atoms with Crippen molar-refractivity contribution in [2.45, 2.75) is 30.5 Å². The summed E-state index contributed by atoms with van der Waals surface area (Å²) in [5.74, 6) is 6.71. The van der Waals surface area contributed by atoms with Crippen LogP contribution in [0, 0.1) is 5.82 Å². The van der Waals surface area contributed by atoms with Gasteiger partial charge < -0.3 is 11.2 Å². The number of amides is 1. The Morgan fingerprint density at radius 2 is 2.18 bits per heavy atom. The fraction of sp³-hybridized carbons (Fsp3) is 0.357. The maximum Gasteiger partial charge on any atom is 0.230 e. The largest absolute Gasteiger partial charge is 0.351 e. The van der Waals surface area contributed by atoms with Gasteiger partial charge in [0.2, 0.25) is 11.1 Å². The van der Waals surface area contributed by atoms with Gasteiger partial charge in [-0.05, 0) is 18.9 Å². The van der Waals surface area contributed by atoms with E-state index in [1.807, 2.05) is 0 Å². The highest BCUT2D eigenvalue weighted by molar-refractivity contribution is 7.99. The minimum Gasteiger partial charge on any atom is -0.351 e. The highest BCUT2D eigenvalue weighted by Crippen LogP contribution is 2.39. The van der Waals surface area contributed by atoms with Crippen molar-refractivity contribution < 1.29 is 9.18 Å². The number of thioether (sulfide) groups is 1. The Morgan fingerprint density at radius 1 is 1.41 bits per heavy atom. The number of halogens is 1. The number of carbonyl (C=O) groups excluding carboxylic acids is 1. The summed E-state index contributed by atoms with van der Waals surface area (Å²) in [6.07, 6.45) is 2.17. The molecule has 1 aromatic heterocycles. The second kappa shape index (κ2) is 6.35. The van der Waals surface area contributed by atoms with E-state index in [1.54, 1.807) is 18.2 Å². The molecule has 1 aliphatic rings. The summed E-state index contributed by atoms with van der Waals surface area (Å²) in [6.45, 7) is 0.161. The Labute approximate surface area is 131 Å². The van der Waals surface area contributed by atoms with Crippen LogP contribution in [0.25, 0.3) is 0 Å². The Bertz CT molecular complexity index is 686. The third kappa shape index (κ3) is 3.38. The number of hydrogen-bond donors (Lipinski definition) is 2. The van der Waals surface area contributed by atoms with Gasteiger partial charge >= 0.3 is 0 Å². The number of nitrogens with zero attached hydrogens (tertiary/aromatic N) is 3. The molecule has 22 heavy (non-hydrogen) atoms. The van der Waals surface area contributed by atoms with Crippen molar-refractivity contribution in [1.29, 1.82) is 0 Å². The van der Waals surface area contributed by atoms with Gasteiger partial charge in [0.05, 0.1) is 5.75 Å². The molecular weight excluding hydrogens is 305 g/mol. The maximum absolute atomic E-state index is 13.4. The highest BCUT2D eigenvalue weighted by atomic mass is 32.2. The van der Waals surface area contributed by atoms with Crippen LogP contribution in [0.4, 0.5) is 4.39 Å². The predicted octanol–water partition coefficient (Wildman–Crippen LogP) is 1.42. The number of nitrogens with one attached hydrogen (secondary N) is 1. The van der Waals surface area contributed by atoms with Crippen LogP contribution >= 0.6 is 11.8 Å². The number of aromatic nitrogens is 3.